The minimum atomic E-state index is 0.151. The van der Waals surface area contributed by atoms with E-state index in [1.54, 1.807) is 0 Å². The van der Waals surface area contributed by atoms with Gasteiger partial charge in [0.2, 0.25) is 0 Å². The van der Waals surface area contributed by atoms with Crippen molar-refractivity contribution in [2.75, 3.05) is 5.75 Å². The first-order valence-corrected chi connectivity index (χ1v) is 8.61. The first kappa shape index (κ1) is 14.9. The van der Waals surface area contributed by atoms with Crippen molar-refractivity contribution in [3.63, 3.8) is 0 Å². The van der Waals surface area contributed by atoms with E-state index in [-0.39, 0.29) is 11.5 Å². The first-order valence-electron chi connectivity index (χ1n) is 6.22. The van der Waals surface area contributed by atoms with Crippen LogP contribution in [0.4, 0.5) is 0 Å². The maximum atomic E-state index is 5.96. The lowest BCUT2D eigenvalue weighted by molar-refractivity contribution is 0.0599. The van der Waals surface area contributed by atoms with E-state index in [4.69, 9.17) is 4.74 Å². The number of rotatable bonds is 8. The maximum absolute atomic E-state index is 5.96. The molecule has 0 heterocycles. The monoisotopic (exact) mass is 270 g/mol. The second kappa shape index (κ2) is 8.90. The zero-order valence-corrected chi connectivity index (χ0v) is 12.5. The van der Waals surface area contributed by atoms with E-state index in [9.17, 15) is 0 Å². The largest absolute Gasteiger partial charge is 0.359 e. The molecule has 0 radical (unpaired) electrons. The van der Waals surface area contributed by atoms with E-state index in [1.165, 1.54) is 24.2 Å². The van der Waals surface area contributed by atoms with Crippen molar-refractivity contribution in [3.8, 4) is 0 Å². The van der Waals surface area contributed by atoms with Gasteiger partial charge in [-0.3, -0.25) is 0 Å². The third kappa shape index (κ3) is 6.39. The van der Waals surface area contributed by atoms with Crippen LogP contribution < -0.4 is 0 Å². The van der Waals surface area contributed by atoms with Gasteiger partial charge in [0.15, 0.2) is 0 Å². The molecule has 1 nitrogen and oxygen atoms in total. The van der Waals surface area contributed by atoms with E-state index >= 15 is 0 Å². The van der Waals surface area contributed by atoms with Crippen LogP contribution in [0, 0.1) is 0 Å². The number of benzene rings is 1. The van der Waals surface area contributed by atoms with Crippen LogP contribution in [0.1, 0.15) is 44.6 Å². The van der Waals surface area contributed by atoms with Crippen LogP contribution in [-0.4, -0.2) is 11.9 Å². The lowest BCUT2D eigenvalue weighted by Gasteiger charge is -2.19. The standard InChI is InChI=1S/C14H22OS2/c1-4-5-11-16-17-14(15-12(2)3)13-9-7-6-8-10-13/h6-10,12,14H,4-5,11H2,1-3H3. The summed E-state index contributed by atoms with van der Waals surface area (Å²) in [6.45, 7) is 6.41. The quantitative estimate of drug-likeness (QED) is 0.361. The zero-order valence-electron chi connectivity index (χ0n) is 10.9. The summed E-state index contributed by atoms with van der Waals surface area (Å²) < 4.78 is 5.96. The van der Waals surface area contributed by atoms with E-state index in [0.29, 0.717) is 0 Å². The summed E-state index contributed by atoms with van der Waals surface area (Å²) >= 11 is 0. The topological polar surface area (TPSA) is 9.23 Å². The molecular weight excluding hydrogens is 248 g/mol. The van der Waals surface area contributed by atoms with Crippen molar-refractivity contribution >= 4 is 21.6 Å². The summed E-state index contributed by atoms with van der Waals surface area (Å²) in [5, 5.41) is 0. The number of unbranched alkanes of at least 4 members (excludes halogenated alkanes) is 1. The minimum Gasteiger partial charge on any atom is -0.359 e. The smallest absolute Gasteiger partial charge is 0.138 e. The summed E-state index contributed by atoms with van der Waals surface area (Å²) in [4.78, 5) is 0. The summed E-state index contributed by atoms with van der Waals surface area (Å²) in [5.74, 6) is 1.20. The predicted molar refractivity (Wildman–Crippen MR) is 80.4 cm³/mol. The van der Waals surface area contributed by atoms with Crippen LogP contribution >= 0.6 is 21.6 Å². The van der Waals surface area contributed by atoms with Crippen LogP contribution in [0.5, 0.6) is 0 Å². The van der Waals surface area contributed by atoms with Crippen LogP contribution in [-0.2, 0) is 4.74 Å². The molecular formula is C14H22OS2. The van der Waals surface area contributed by atoms with Gasteiger partial charge in [0.05, 0.1) is 6.10 Å². The zero-order chi connectivity index (χ0) is 12.5. The van der Waals surface area contributed by atoms with Crippen LogP contribution in [0.25, 0.3) is 0 Å². The highest BCUT2D eigenvalue weighted by Crippen LogP contribution is 2.39. The molecule has 0 spiro atoms. The molecule has 0 N–H and O–H groups in total. The third-order valence-corrected chi connectivity index (χ3v) is 4.79. The van der Waals surface area contributed by atoms with Gasteiger partial charge in [-0.2, -0.15) is 0 Å². The number of hydrogen-bond acceptors (Lipinski definition) is 3. The predicted octanol–water partition coefficient (Wildman–Crippen LogP) is 5.29. The Bertz CT molecular complexity index is 288. The third-order valence-electron chi connectivity index (χ3n) is 2.20. The molecule has 3 heteroatoms. The average molecular weight is 270 g/mol. The molecule has 0 fully saturated rings. The van der Waals surface area contributed by atoms with Gasteiger partial charge in [0.1, 0.15) is 5.44 Å². The Morgan fingerprint density at radius 3 is 2.47 bits per heavy atom. The molecule has 0 aliphatic rings. The molecule has 1 rings (SSSR count). The van der Waals surface area contributed by atoms with E-state index in [0.717, 1.165) is 0 Å². The SMILES string of the molecule is CCCCSSC(OC(C)C)c1ccccc1. The van der Waals surface area contributed by atoms with Crippen LogP contribution in [0.2, 0.25) is 0 Å². The first-order chi connectivity index (χ1) is 8.24. The Kier molecular flexibility index (Phi) is 7.82. The summed E-state index contributed by atoms with van der Waals surface area (Å²) in [5.41, 5.74) is 1.41. The van der Waals surface area contributed by atoms with E-state index in [1.807, 2.05) is 27.7 Å². The lowest BCUT2D eigenvalue weighted by Crippen LogP contribution is -2.07. The highest BCUT2D eigenvalue weighted by Gasteiger charge is 2.14. The average Bonchev–Trinajstić information content (AvgIpc) is 2.34. The Labute approximate surface area is 113 Å². The Morgan fingerprint density at radius 1 is 1.18 bits per heavy atom. The van der Waals surface area contributed by atoms with E-state index < -0.39 is 0 Å². The lowest BCUT2D eigenvalue weighted by atomic mass is 10.2. The summed E-state index contributed by atoms with van der Waals surface area (Å²) in [6, 6.07) is 10.5. The molecule has 0 saturated heterocycles. The van der Waals surface area contributed by atoms with Gasteiger partial charge in [-0.1, -0.05) is 65.3 Å². The molecule has 1 unspecified atom stereocenters. The molecule has 0 bridgehead atoms. The van der Waals surface area contributed by atoms with Gasteiger partial charge in [-0.25, -0.2) is 0 Å². The Hall–Kier alpha value is -0.120. The molecule has 1 aromatic rings. The molecule has 96 valence electrons. The van der Waals surface area contributed by atoms with Crippen molar-refractivity contribution in [1.82, 2.24) is 0 Å². The second-order valence-corrected chi connectivity index (χ2v) is 6.75. The minimum absolute atomic E-state index is 0.151. The molecule has 0 saturated carbocycles. The second-order valence-electron chi connectivity index (χ2n) is 4.20. The van der Waals surface area contributed by atoms with Gasteiger partial charge >= 0.3 is 0 Å². The fraction of sp³-hybridized carbons (Fsp3) is 0.571. The van der Waals surface area contributed by atoms with Gasteiger partial charge < -0.3 is 4.74 Å². The number of ether oxygens (including phenoxy) is 1. The fourth-order valence-corrected chi connectivity index (χ4v) is 3.97. The molecule has 17 heavy (non-hydrogen) atoms. The highest BCUT2D eigenvalue weighted by atomic mass is 33.1. The van der Waals surface area contributed by atoms with Gasteiger partial charge in [0, 0.05) is 5.75 Å². The summed E-state index contributed by atoms with van der Waals surface area (Å²) in [7, 11) is 3.75. The van der Waals surface area contributed by atoms with Crippen molar-refractivity contribution < 1.29 is 4.74 Å². The maximum Gasteiger partial charge on any atom is 0.138 e. The molecule has 0 amide bonds. The molecule has 0 aliphatic carbocycles. The molecule has 0 aromatic heterocycles. The summed E-state index contributed by atoms with van der Waals surface area (Å²) in [6.07, 6.45) is 2.80. The fourth-order valence-electron chi connectivity index (χ4n) is 1.33. The van der Waals surface area contributed by atoms with Crippen molar-refractivity contribution in [3.05, 3.63) is 35.9 Å². The normalized spacial score (nSPS) is 12.9. The van der Waals surface area contributed by atoms with Crippen molar-refractivity contribution in [2.45, 2.75) is 45.2 Å². The number of hydrogen-bond donors (Lipinski definition) is 0. The Balaban J connectivity index is 2.49. The van der Waals surface area contributed by atoms with Crippen molar-refractivity contribution in [1.29, 1.82) is 0 Å². The Morgan fingerprint density at radius 2 is 1.88 bits per heavy atom. The van der Waals surface area contributed by atoms with Crippen molar-refractivity contribution in [2.24, 2.45) is 0 Å². The van der Waals surface area contributed by atoms with Gasteiger partial charge in [0.25, 0.3) is 0 Å². The molecule has 0 aliphatic heterocycles. The van der Waals surface area contributed by atoms with Crippen LogP contribution in [0.3, 0.4) is 0 Å². The molecule has 1 aromatic carbocycles. The van der Waals surface area contributed by atoms with Gasteiger partial charge in [-0.05, 0) is 25.8 Å². The van der Waals surface area contributed by atoms with E-state index in [2.05, 4.69) is 45.0 Å². The van der Waals surface area contributed by atoms with Crippen LogP contribution in [0.15, 0.2) is 30.3 Å². The highest BCUT2D eigenvalue weighted by molar-refractivity contribution is 8.76. The van der Waals surface area contributed by atoms with Gasteiger partial charge in [-0.15, -0.1) is 0 Å². The molecule has 1 atom stereocenters.